The number of carbonyl (C=O) groups is 1. The average Bonchev–Trinajstić information content (AvgIpc) is 2.28. The number of anilines is 1. The van der Waals surface area contributed by atoms with E-state index in [-0.39, 0.29) is 0 Å². The minimum atomic E-state index is -0.946. The van der Waals surface area contributed by atoms with Gasteiger partial charge in [-0.2, -0.15) is 0 Å². The zero-order valence-corrected chi connectivity index (χ0v) is 9.95. The van der Waals surface area contributed by atoms with Crippen LogP contribution in [-0.4, -0.2) is 11.1 Å². The molecule has 1 aromatic carbocycles. The van der Waals surface area contributed by atoms with E-state index in [0.717, 1.165) is 19.3 Å². The second kappa shape index (κ2) is 6.23. The van der Waals surface area contributed by atoms with Gasteiger partial charge < -0.3 is 10.8 Å². The number of nitrogen functional groups attached to an aromatic ring is 1. The molecule has 1 atom stereocenters. The molecule has 1 unspecified atom stereocenters. The van der Waals surface area contributed by atoms with E-state index in [1.165, 1.54) is 18.2 Å². The first-order valence-corrected chi connectivity index (χ1v) is 5.84. The predicted molar refractivity (Wildman–Crippen MR) is 65.3 cm³/mol. The minimum absolute atomic E-state index is 0.343. The number of aliphatic carboxylic acids is 1. The zero-order chi connectivity index (χ0) is 12.8. The molecule has 4 heteroatoms. The van der Waals surface area contributed by atoms with Crippen LogP contribution in [0.3, 0.4) is 0 Å². The van der Waals surface area contributed by atoms with Crippen molar-refractivity contribution >= 4 is 11.7 Å². The summed E-state index contributed by atoms with van der Waals surface area (Å²) in [4.78, 5) is 11.2. The van der Waals surface area contributed by atoms with Gasteiger partial charge in [-0.25, -0.2) is 4.39 Å². The lowest BCUT2D eigenvalue weighted by molar-refractivity contribution is -0.139. The Morgan fingerprint density at radius 1 is 1.47 bits per heavy atom. The number of hydrogen-bond donors (Lipinski definition) is 2. The largest absolute Gasteiger partial charge is 0.481 e. The Kier molecular flexibility index (Phi) is 4.94. The Morgan fingerprint density at radius 2 is 2.18 bits per heavy atom. The van der Waals surface area contributed by atoms with E-state index in [1.54, 1.807) is 0 Å². The van der Waals surface area contributed by atoms with Crippen LogP contribution in [0.5, 0.6) is 0 Å². The van der Waals surface area contributed by atoms with Gasteiger partial charge in [-0.1, -0.05) is 26.2 Å². The summed E-state index contributed by atoms with van der Waals surface area (Å²) in [6, 6.07) is 3.88. The molecule has 94 valence electrons. The van der Waals surface area contributed by atoms with Gasteiger partial charge in [-0.05, 0) is 30.2 Å². The highest BCUT2D eigenvalue weighted by atomic mass is 19.1. The molecule has 3 N–H and O–H groups in total. The molecule has 0 heterocycles. The topological polar surface area (TPSA) is 63.3 Å². The highest BCUT2D eigenvalue weighted by Gasteiger charge is 2.21. The highest BCUT2D eigenvalue weighted by molar-refractivity contribution is 5.78. The van der Waals surface area contributed by atoms with Crippen LogP contribution in [0.4, 0.5) is 10.1 Å². The Balaban J connectivity index is 2.89. The third-order valence-electron chi connectivity index (χ3n) is 2.82. The van der Waals surface area contributed by atoms with Crippen molar-refractivity contribution in [1.82, 2.24) is 0 Å². The molecule has 0 aliphatic heterocycles. The van der Waals surface area contributed by atoms with Crippen molar-refractivity contribution in [1.29, 1.82) is 0 Å². The van der Waals surface area contributed by atoms with Crippen LogP contribution in [0.25, 0.3) is 0 Å². The quantitative estimate of drug-likeness (QED) is 0.592. The van der Waals surface area contributed by atoms with Crippen molar-refractivity contribution in [3.05, 3.63) is 29.6 Å². The lowest BCUT2D eigenvalue weighted by Gasteiger charge is -2.14. The lowest BCUT2D eigenvalue weighted by Crippen LogP contribution is -2.14. The molecule has 0 aliphatic rings. The van der Waals surface area contributed by atoms with E-state index in [0.29, 0.717) is 17.7 Å². The molecule has 0 spiro atoms. The summed E-state index contributed by atoms with van der Waals surface area (Å²) < 4.78 is 13.1. The van der Waals surface area contributed by atoms with Crippen LogP contribution < -0.4 is 5.73 Å². The first kappa shape index (κ1) is 13.5. The fourth-order valence-corrected chi connectivity index (χ4v) is 1.86. The summed E-state index contributed by atoms with van der Waals surface area (Å²) in [6.45, 7) is 2.05. The summed E-state index contributed by atoms with van der Waals surface area (Å²) in [5, 5.41) is 9.16. The van der Waals surface area contributed by atoms with Gasteiger partial charge >= 0.3 is 5.97 Å². The first-order valence-electron chi connectivity index (χ1n) is 5.84. The van der Waals surface area contributed by atoms with Crippen molar-refractivity contribution in [3.8, 4) is 0 Å². The number of rotatable bonds is 6. The Labute approximate surface area is 100 Å². The Morgan fingerprint density at radius 3 is 2.76 bits per heavy atom. The standard InChI is InChI=1S/C13H18FNO2/c1-2-3-4-5-10(13(16)17)11-8-9(14)6-7-12(11)15/h6-8,10H,2-5,15H2,1H3,(H,16,17). The SMILES string of the molecule is CCCCCC(C(=O)O)c1cc(F)ccc1N. The minimum Gasteiger partial charge on any atom is -0.481 e. The second-order valence-corrected chi connectivity index (χ2v) is 4.16. The second-order valence-electron chi connectivity index (χ2n) is 4.16. The van der Waals surface area contributed by atoms with Crippen molar-refractivity contribution in [3.63, 3.8) is 0 Å². The van der Waals surface area contributed by atoms with Crippen LogP contribution in [0, 0.1) is 5.82 Å². The van der Waals surface area contributed by atoms with Crippen molar-refractivity contribution < 1.29 is 14.3 Å². The van der Waals surface area contributed by atoms with E-state index in [9.17, 15) is 9.18 Å². The van der Waals surface area contributed by atoms with Crippen LogP contribution in [-0.2, 0) is 4.79 Å². The number of nitrogens with two attached hydrogens (primary N) is 1. The molecule has 1 rings (SSSR count). The van der Waals surface area contributed by atoms with Gasteiger partial charge in [0.25, 0.3) is 0 Å². The summed E-state index contributed by atoms with van der Waals surface area (Å²) in [5.74, 6) is -2.11. The molecular formula is C13H18FNO2. The predicted octanol–water partition coefficient (Wildman–Crippen LogP) is 3.16. The molecule has 0 amide bonds. The molecule has 0 aromatic heterocycles. The van der Waals surface area contributed by atoms with Gasteiger partial charge in [0.15, 0.2) is 0 Å². The number of halogens is 1. The number of carboxylic acids is 1. The molecule has 0 aliphatic carbocycles. The van der Waals surface area contributed by atoms with Crippen LogP contribution in [0.1, 0.15) is 44.1 Å². The van der Waals surface area contributed by atoms with Gasteiger partial charge in [0.2, 0.25) is 0 Å². The van der Waals surface area contributed by atoms with Gasteiger partial charge in [0.05, 0.1) is 5.92 Å². The first-order chi connectivity index (χ1) is 8.06. The summed E-state index contributed by atoms with van der Waals surface area (Å²) >= 11 is 0. The van der Waals surface area contributed by atoms with Crippen molar-refractivity contribution in [2.75, 3.05) is 5.73 Å². The Hall–Kier alpha value is -1.58. The summed E-state index contributed by atoms with van der Waals surface area (Å²) in [5.41, 5.74) is 6.43. The maximum atomic E-state index is 13.1. The van der Waals surface area contributed by atoms with Crippen LogP contribution in [0.2, 0.25) is 0 Å². The molecular weight excluding hydrogens is 221 g/mol. The maximum absolute atomic E-state index is 13.1. The fourth-order valence-electron chi connectivity index (χ4n) is 1.86. The molecule has 3 nitrogen and oxygen atoms in total. The van der Waals surface area contributed by atoms with E-state index in [2.05, 4.69) is 0 Å². The van der Waals surface area contributed by atoms with Crippen LogP contribution in [0.15, 0.2) is 18.2 Å². The highest BCUT2D eigenvalue weighted by Crippen LogP contribution is 2.28. The Bertz CT molecular complexity index is 393. The number of carboxylic acid groups (broad SMARTS) is 1. The number of benzene rings is 1. The summed E-state index contributed by atoms with van der Waals surface area (Å²) in [7, 11) is 0. The molecule has 0 saturated carbocycles. The molecule has 17 heavy (non-hydrogen) atoms. The molecule has 0 bridgehead atoms. The third kappa shape index (κ3) is 3.73. The van der Waals surface area contributed by atoms with Crippen molar-refractivity contribution in [2.24, 2.45) is 0 Å². The number of hydrogen-bond acceptors (Lipinski definition) is 2. The van der Waals surface area contributed by atoms with Gasteiger partial charge in [0, 0.05) is 5.69 Å². The van der Waals surface area contributed by atoms with E-state index < -0.39 is 17.7 Å². The van der Waals surface area contributed by atoms with Crippen LogP contribution >= 0.6 is 0 Å². The van der Waals surface area contributed by atoms with E-state index >= 15 is 0 Å². The summed E-state index contributed by atoms with van der Waals surface area (Å²) in [6.07, 6.45) is 3.30. The molecule has 0 radical (unpaired) electrons. The smallest absolute Gasteiger partial charge is 0.311 e. The van der Waals surface area contributed by atoms with Gasteiger partial charge in [-0.3, -0.25) is 4.79 Å². The van der Waals surface area contributed by atoms with Gasteiger partial charge in [-0.15, -0.1) is 0 Å². The van der Waals surface area contributed by atoms with Gasteiger partial charge in [0.1, 0.15) is 5.82 Å². The maximum Gasteiger partial charge on any atom is 0.311 e. The van der Waals surface area contributed by atoms with E-state index in [4.69, 9.17) is 10.8 Å². The molecule has 0 saturated heterocycles. The van der Waals surface area contributed by atoms with Crippen molar-refractivity contribution in [2.45, 2.75) is 38.5 Å². The molecule has 0 fully saturated rings. The molecule has 1 aromatic rings. The normalized spacial score (nSPS) is 12.4. The fraction of sp³-hybridized carbons (Fsp3) is 0.462. The van der Waals surface area contributed by atoms with E-state index in [1.807, 2.05) is 6.92 Å². The zero-order valence-electron chi connectivity index (χ0n) is 9.95. The third-order valence-corrected chi connectivity index (χ3v) is 2.82. The number of unbranched alkanes of at least 4 members (excludes halogenated alkanes) is 2. The average molecular weight is 239 g/mol. The monoisotopic (exact) mass is 239 g/mol. The lowest BCUT2D eigenvalue weighted by atomic mass is 9.92.